The van der Waals surface area contributed by atoms with E-state index < -0.39 is 10.1 Å². The van der Waals surface area contributed by atoms with Gasteiger partial charge in [-0.25, -0.2) is 10.8 Å². The maximum atomic E-state index is 10.4. The number of benzene rings is 1. The van der Waals surface area contributed by atoms with E-state index in [2.05, 4.69) is 10.3 Å². The van der Waals surface area contributed by atoms with Gasteiger partial charge in [-0.15, -0.1) is 0 Å². The first-order valence-corrected chi connectivity index (χ1v) is 8.51. The number of nitrogens with one attached hydrogen (secondary N) is 2. The van der Waals surface area contributed by atoms with Gasteiger partial charge in [0.2, 0.25) is 0 Å². The molecule has 9 nitrogen and oxygen atoms in total. The molecule has 130 valence electrons. The van der Waals surface area contributed by atoms with Crippen LogP contribution in [-0.4, -0.2) is 40.4 Å². The van der Waals surface area contributed by atoms with Crippen molar-refractivity contribution in [2.75, 3.05) is 7.05 Å². The number of rotatable bonds is 2. The molecule has 0 fully saturated rings. The Morgan fingerprint density at radius 3 is 2.46 bits per heavy atom. The van der Waals surface area contributed by atoms with Crippen LogP contribution in [0.25, 0.3) is 0 Å². The summed E-state index contributed by atoms with van der Waals surface area (Å²) < 4.78 is 31.2. The lowest BCUT2D eigenvalue weighted by Gasteiger charge is -2.13. The van der Waals surface area contributed by atoms with Gasteiger partial charge in [0.1, 0.15) is 0 Å². The molecule has 0 aliphatic carbocycles. The van der Waals surface area contributed by atoms with Crippen molar-refractivity contribution in [3.63, 3.8) is 0 Å². The quantitative estimate of drug-likeness (QED) is 0.197. The average Bonchev–Trinajstić information content (AvgIpc) is 3.10. The summed E-state index contributed by atoms with van der Waals surface area (Å²) in [5.41, 5.74) is 2.17. The van der Waals surface area contributed by atoms with Crippen molar-refractivity contribution >= 4 is 16.0 Å². The van der Waals surface area contributed by atoms with Crippen LogP contribution in [0, 0.1) is 5.41 Å². The van der Waals surface area contributed by atoms with E-state index in [1.807, 2.05) is 11.6 Å². The monoisotopic (exact) mass is 352 g/mol. The summed E-state index contributed by atoms with van der Waals surface area (Å²) in [7, 11) is -0.455. The van der Waals surface area contributed by atoms with Gasteiger partial charge in [-0.05, 0) is 12.1 Å². The molecule has 0 bridgehead atoms. The zero-order valence-electron chi connectivity index (χ0n) is 13.4. The smallest absolute Gasteiger partial charge is 0.294 e. The van der Waals surface area contributed by atoms with Crippen LogP contribution >= 0.6 is 0 Å². The molecule has 1 aromatic carbocycles. The standard InChI is InChI=1S/C8H14N6.C6H6O3S/c1-13-6-4-11-3-5(6)12-8(13)7(9)14(2)10;7-10(8,9)6-4-2-1-3-5-6/h9,11H,3-4,10H2,1-2H3;1-5H,(H,7,8,9). The first kappa shape index (κ1) is 18.1. The number of nitrogens with zero attached hydrogens (tertiary/aromatic N) is 3. The van der Waals surface area contributed by atoms with E-state index in [1.54, 1.807) is 25.2 Å². The minimum absolute atomic E-state index is 0.0741. The zero-order valence-corrected chi connectivity index (χ0v) is 14.2. The Labute approximate surface area is 140 Å². The van der Waals surface area contributed by atoms with Gasteiger partial charge in [0.05, 0.1) is 16.3 Å². The molecule has 10 heteroatoms. The van der Waals surface area contributed by atoms with Crippen LogP contribution in [0.2, 0.25) is 0 Å². The highest BCUT2D eigenvalue weighted by atomic mass is 32.2. The van der Waals surface area contributed by atoms with E-state index >= 15 is 0 Å². The van der Waals surface area contributed by atoms with E-state index in [-0.39, 0.29) is 10.7 Å². The summed E-state index contributed by atoms with van der Waals surface area (Å²) in [6.07, 6.45) is 0. The number of aromatic nitrogens is 2. The molecule has 1 aliphatic rings. The number of fused-ring (bicyclic) bond motifs is 1. The predicted octanol–water partition coefficient (Wildman–Crippen LogP) is 0.0875. The molecule has 0 saturated heterocycles. The lowest BCUT2D eigenvalue weighted by Crippen LogP contribution is -2.35. The molecule has 2 aromatic rings. The number of hydrazine groups is 1. The Morgan fingerprint density at radius 2 is 2.00 bits per heavy atom. The molecule has 0 atom stereocenters. The molecule has 5 N–H and O–H groups in total. The Kier molecular flexibility index (Phi) is 5.34. The molecule has 0 unspecified atom stereocenters. The Hall–Kier alpha value is -2.27. The highest BCUT2D eigenvalue weighted by Crippen LogP contribution is 2.15. The number of nitrogens with two attached hydrogens (primary N) is 1. The summed E-state index contributed by atoms with van der Waals surface area (Å²) >= 11 is 0. The number of imidazole rings is 1. The van der Waals surface area contributed by atoms with Gasteiger partial charge in [-0.3, -0.25) is 15.0 Å². The van der Waals surface area contributed by atoms with Gasteiger partial charge in [0, 0.05) is 27.2 Å². The van der Waals surface area contributed by atoms with Crippen molar-refractivity contribution < 1.29 is 13.0 Å². The molecule has 0 amide bonds. The van der Waals surface area contributed by atoms with Gasteiger partial charge in [0.15, 0.2) is 11.7 Å². The maximum Gasteiger partial charge on any atom is 0.294 e. The van der Waals surface area contributed by atoms with Crippen molar-refractivity contribution in [1.82, 2.24) is 19.9 Å². The summed E-state index contributed by atoms with van der Waals surface area (Å²) in [5.74, 6) is 6.36. The second-order valence-corrected chi connectivity index (χ2v) is 6.66. The molecule has 0 saturated carbocycles. The summed E-state index contributed by atoms with van der Waals surface area (Å²) in [6.45, 7) is 1.60. The van der Waals surface area contributed by atoms with Crippen LogP contribution in [0.15, 0.2) is 35.2 Å². The minimum Gasteiger partial charge on any atom is -0.327 e. The summed E-state index contributed by atoms with van der Waals surface area (Å²) in [5, 5.41) is 12.2. The largest absolute Gasteiger partial charge is 0.327 e. The van der Waals surface area contributed by atoms with E-state index in [9.17, 15) is 8.42 Å². The van der Waals surface area contributed by atoms with Gasteiger partial charge in [-0.1, -0.05) is 18.2 Å². The second-order valence-electron chi connectivity index (χ2n) is 5.24. The van der Waals surface area contributed by atoms with Crippen molar-refractivity contribution in [2.45, 2.75) is 18.0 Å². The normalized spacial score (nSPS) is 13.0. The van der Waals surface area contributed by atoms with Crippen LogP contribution in [-0.2, 0) is 30.3 Å². The van der Waals surface area contributed by atoms with Crippen LogP contribution in [0.4, 0.5) is 0 Å². The molecule has 24 heavy (non-hydrogen) atoms. The first-order valence-electron chi connectivity index (χ1n) is 7.07. The van der Waals surface area contributed by atoms with Gasteiger partial charge in [-0.2, -0.15) is 8.42 Å². The van der Waals surface area contributed by atoms with Gasteiger partial charge < -0.3 is 9.88 Å². The van der Waals surface area contributed by atoms with E-state index in [4.69, 9.17) is 15.8 Å². The Balaban J connectivity index is 0.000000185. The van der Waals surface area contributed by atoms with Gasteiger partial charge >= 0.3 is 0 Å². The molecular weight excluding hydrogens is 332 g/mol. The molecule has 3 rings (SSSR count). The highest BCUT2D eigenvalue weighted by Gasteiger charge is 2.21. The lowest BCUT2D eigenvalue weighted by molar-refractivity contribution is 0.483. The maximum absolute atomic E-state index is 10.4. The third-order valence-electron chi connectivity index (χ3n) is 3.49. The molecule has 0 radical (unpaired) electrons. The molecule has 1 aliphatic heterocycles. The third-order valence-corrected chi connectivity index (χ3v) is 4.35. The van der Waals surface area contributed by atoms with Gasteiger partial charge in [0.25, 0.3) is 10.1 Å². The SMILES string of the molecule is CN(N)C(=N)c1nc2c(n1C)CNC2.O=S(=O)(O)c1ccccc1. The number of amidine groups is 1. The zero-order chi connectivity index (χ0) is 17.9. The predicted molar refractivity (Wildman–Crippen MR) is 88.8 cm³/mol. The molecule has 2 heterocycles. The van der Waals surface area contributed by atoms with E-state index in [0.717, 1.165) is 24.5 Å². The second kappa shape index (κ2) is 7.09. The lowest BCUT2D eigenvalue weighted by atomic mass is 10.4. The van der Waals surface area contributed by atoms with E-state index in [1.165, 1.54) is 17.1 Å². The van der Waals surface area contributed by atoms with Crippen LogP contribution < -0.4 is 11.2 Å². The molecular formula is C14H20N6O3S. The number of hydrogen-bond donors (Lipinski definition) is 4. The fourth-order valence-electron chi connectivity index (χ4n) is 2.21. The van der Waals surface area contributed by atoms with Crippen molar-refractivity contribution in [3.05, 3.63) is 47.5 Å². The fourth-order valence-corrected chi connectivity index (χ4v) is 2.71. The Bertz CT molecular complexity index is 830. The molecule has 0 spiro atoms. The van der Waals surface area contributed by atoms with E-state index in [0.29, 0.717) is 5.82 Å². The van der Waals surface area contributed by atoms with Crippen LogP contribution in [0.5, 0.6) is 0 Å². The third kappa shape index (κ3) is 3.97. The molecule has 1 aromatic heterocycles. The Morgan fingerprint density at radius 1 is 1.38 bits per heavy atom. The summed E-state index contributed by atoms with van der Waals surface area (Å²) in [4.78, 5) is 4.29. The number of hydrogen-bond acceptors (Lipinski definition) is 6. The average molecular weight is 352 g/mol. The topological polar surface area (TPSA) is 137 Å². The fraction of sp³-hybridized carbons (Fsp3) is 0.286. The van der Waals surface area contributed by atoms with Crippen molar-refractivity contribution in [1.29, 1.82) is 5.41 Å². The minimum atomic E-state index is -4.00. The van der Waals surface area contributed by atoms with Crippen molar-refractivity contribution in [3.8, 4) is 0 Å². The van der Waals surface area contributed by atoms with Crippen LogP contribution in [0.1, 0.15) is 17.2 Å². The first-order chi connectivity index (χ1) is 11.2. The highest BCUT2D eigenvalue weighted by molar-refractivity contribution is 7.85. The van der Waals surface area contributed by atoms with Crippen LogP contribution in [0.3, 0.4) is 0 Å². The van der Waals surface area contributed by atoms with Crippen molar-refractivity contribution in [2.24, 2.45) is 12.9 Å². The summed E-state index contributed by atoms with van der Waals surface area (Å²) in [6, 6.07) is 7.42.